The maximum Gasteiger partial charge on any atom is 0.254 e. The van der Waals surface area contributed by atoms with Gasteiger partial charge in [-0.2, -0.15) is 0 Å². The summed E-state index contributed by atoms with van der Waals surface area (Å²) in [6, 6.07) is 9.50. The minimum absolute atomic E-state index is 0.0113. The first-order valence-electron chi connectivity index (χ1n) is 6.50. The highest BCUT2D eigenvalue weighted by molar-refractivity contribution is 6.32. The molecule has 0 aliphatic carbocycles. The Balaban J connectivity index is 2.33. The van der Waals surface area contributed by atoms with Crippen molar-refractivity contribution in [3.05, 3.63) is 64.4 Å². The zero-order chi connectivity index (χ0) is 16.6. The highest BCUT2D eigenvalue weighted by atomic mass is 35.5. The van der Waals surface area contributed by atoms with Gasteiger partial charge in [-0.3, -0.25) is 4.79 Å². The van der Waals surface area contributed by atoms with Gasteiger partial charge in [0.2, 0.25) is 5.55 Å². The van der Waals surface area contributed by atoms with Crippen LogP contribution in [0, 0.1) is 5.82 Å². The van der Waals surface area contributed by atoms with E-state index in [1.165, 1.54) is 30.3 Å². The first-order valence-corrected chi connectivity index (χ1v) is 6.88. The molecule has 1 heterocycles. The molecule has 3 N–H and O–H groups in total. The fourth-order valence-corrected chi connectivity index (χ4v) is 2.21. The molecule has 1 amide bonds. The Morgan fingerprint density at radius 2 is 2.00 bits per heavy atom. The van der Waals surface area contributed by atoms with Gasteiger partial charge in [0.25, 0.3) is 5.91 Å². The van der Waals surface area contributed by atoms with E-state index in [2.05, 4.69) is 4.99 Å². The van der Waals surface area contributed by atoms with Gasteiger partial charge in [-0.1, -0.05) is 11.6 Å². The Morgan fingerprint density at radius 3 is 2.74 bits per heavy atom. The molecule has 0 aliphatic rings. The van der Waals surface area contributed by atoms with Crippen LogP contribution in [-0.4, -0.2) is 11.0 Å². The van der Waals surface area contributed by atoms with Crippen LogP contribution >= 0.6 is 11.6 Å². The number of phenolic OH excluding ortho intramolecular Hbond substituents is 1. The van der Waals surface area contributed by atoms with Crippen LogP contribution in [0.25, 0.3) is 11.0 Å². The second kappa shape index (κ2) is 5.73. The van der Waals surface area contributed by atoms with Crippen molar-refractivity contribution in [1.82, 2.24) is 0 Å². The van der Waals surface area contributed by atoms with Crippen LogP contribution in [0.1, 0.15) is 10.4 Å². The van der Waals surface area contributed by atoms with Crippen molar-refractivity contribution in [3.63, 3.8) is 0 Å². The van der Waals surface area contributed by atoms with Gasteiger partial charge in [0.1, 0.15) is 22.7 Å². The highest BCUT2D eigenvalue weighted by Gasteiger charge is 2.11. The number of aromatic hydroxyl groups is 1. The molecule has 0 saturated heterocycles. The maximum atomic E-state index is 13.3. The number of primary amides is 1. The van der Waals surface area contributed by atoms with E-state index in [0.29, 0.717) is 11.0 Å². The summed E-state index contributed by atoms with van der Waals surface area (Å²) in [7, 11) is 0. The molecule has 0 saturated carbocycles. The SMILES string of the molecule is NC(=O)c1cc2ccc(O)cc2oc1=Nc1cc(F)ccc1Cl. The predicted molar refractivity (Wildman–Crippen MR) is 83.0 cm³/mol. The van der Waals surface area contributed by atoms with Crippen LogP contribution in [0.4, 0.5) is 10.1 Å². The van der Waals surface area contributed by atoms with Gasteiger partial charge in [-0.05, 0) is 30.3 Å². The van der Waals surface area contributed by atoms with E-state index in [4.69, 9.17) is 21.8 Å². The molecule has 0 spiro atoms. The average molecular weight is 333 g/mol. The number of amides is 1. The van der Waals surface area contributed by atoms with Crippen LogP contribution in [0.15, 0.2) is 51.9 Å². The number of benzene rings is 2. The van der Waals surface area contributed by atoms with Gasteiger partial charge in [-0.15, -0.1) is 0 Å². The van der Waals surface area contributed by atoms with Crippen LogP contribution in [0.3, 0.4) is 0 Å². The van der Waals surface area contributed by atoms with E-state index < -0.39 is 11.7 Å². The third-order valence-corrected chi connectivity index (χ3v) is 3.45. The van der Waals surface area contributed by atoms with Crippen LogP contribution in [-0.2, 0) is 0 Å². The summed E-state index contributed by atoms with van der Waals surface area (Å²) < 4.78 is 18.9. The Kier molecular flexibility index (Phi) is 3.75. The number of carbonyl (C=O) groups is 1. The third-order valence-electron chi connectivity index (χ3n) is 3.13. The largest absolute Gasteiger partial charge is 0.508 e. The molecule has 2 aromatic carbocycles. The maximum absolute atomic E-state index is 13.3. The molecule has 23 heavy (non-hydrogen) atoms. The molecule has 0 fully saturated rings. The second-order valence-corrected chi connectivity index (χ2v) is 5.17. The molecule has 5 nitrogen and oxygen atoms in total. The number of rotatable bonds is 2. The number of phenols is 1. The number of hydrogen-bond acceptors (Lipinski definition) is 4. The van der Waals surface area contributed by atoms with E-state index in [1.807, 2.05) is 0 Å². The standard InChI is InChI=1S/C16H10ClFN2O3/c17-12-4-2-9(18)6-13(12)20-16-11(15(19)22)5-8-1-3-10(21)7-14(8)23-16/h1-7,21H,(H2,19,22). The Hall–Kier alpha value is -2.86. The van der Waals surface area contributed by atoms with Gasteiger partial charge in [0.15, 0.2) is 0 Å². The zero-order valence-corrected chi connectivity index (χ0v) is 12.3. The lowest BCUT2D eigenvalue weighted by molar-refractivity contribution is 0.0996. The van der Waals surface area contributed by atoms with Gasteiger partial charge < -0.3 is 15.3 Å². The van der Waals surface area contributed by atoms with Gasteiger partial charge in [0, 0.05) is 17.5 Å². The minimum atomic E-state index is -0.755. The van der Waals surface area contributed by atoms with Crippen LogP contribution in [0.5, 0.6) is 5.75 Å². The summed E-state index contributed by atoms with van der Waals surface area (Å²) in [4.78, 5) is 15.7. The quantitative estimate of drug-likeness (QED) is 0.754. The number of hydrogen-bond donors (Lipinski definition) is 2. The molecule has 0 atom stereocenters. The van der Waals surface area contributed by atoms with Gasteiger partial charge in [0.05, 0.1) is 10.7 Å². The average Bonchev–Trinajstić information content (AvgIpc) is 2.50. The number of fused-ring (bicyclic) bond motifs is 1. The van der Waals surface area contributed by atoms with Gasteiger partial charge >= 0.3 is 0 Å². The van der Waals surface area contributed by atoms with Crippen molar-refractivity contribution >= 4 is 34.2 Å². The Labute approximate surface area is 134 Å². The topological polar surface area (TPSA) is 88.8 Å². The van der Waals surface area contributed by atoms with E-state index in [9.17, 15) is 14.3 Å². The number of halogens is 2. The van der Waals surface area contributed by atoms with Crippen LogP contribution < -0.4 is 11.3 Å². The predicted octanol–water partition coefficient (Wildman–Crippen LogP) is 3.26. The van der Waals surface area contributed by atoms with E-state index in [-0.39, 0.29) is 27.6 Å². The van der Waals surface area contributed by atoms with Crippen molar-refractivity contribution in [1.29, 1.82) is 0 Å². The summed E-state index contributed by atoms with van der Waals surface area (Å²) in [6.45, 7) is 0. The van der Waals surface area contributed by atoms with Crippen molar-refractivity contribution < 1.29 is 18.7 Å². The summed E-state index contributed by atoms with van der Waals surface area (Å²) in [5.74, 6) is -1.30. The summed E-state index contributed by atoms with van der Waals surface area (Å²) >= 11 is 5.96. The molecule has 0 unspecified atom stereocenters. The zero-order valence-electron chi connectivity index (χ0n) is 11.6. The lowest BCUT2D eigenvalue weighted by Gasteiger charge is -2.03. The molecule has 0 bridgehead atoms. The molecule has 0 aliphatic heterocycles. The summed E-state index contributed by atoms with van der Waals surface area (Å²) in [5.41, 5.74) is 5.62. The molecule has 0 radical (unpaired) electrons. The Bertz CT molecular complexity index is 998. The van der Waals surface area contributed by atoms with Crippen molar-refractivity contribution in [2.75, 3.05) is 0 Å². The summed E-state index contributed by atoms with van der Waals surface area (Å²) in [5, 5.41) is 10.3. The van der Waals surface area contributed by atoms with E-state index in [0.717, 1.165) is 6.07 Å². The number of nitrogens with two attached hydrogens (primary N) is 1. The van der Waals surface area contributed by atoms with Crippen LogP contribution in [0.2, 0.25) is 5.02 Å². The Morgan fingerprint density at radius 1 is 1.22 bits per heavy atom. The lowest BCUT2D eigenvalue weighted by atomic mass is 10.1. The van der Waals surface area contributed by atoms with Crippen molar-refractivity contribution in [3.8, 4) is 5.75 Å². The molecular formula is C16H10ClFN2O3. The van der Waals surface area contributed by atoms with E-state index >= 15 is 0 Å². The first-order chi connectivity index (χ1) is 10.9. The molecular weight excluding hydrogens is 323 g/mol. The fourth-order valence-electron chi connectivity index (χ4n) is 2.05. The van der Waals surface area contributed by atoms with Crippen molar-refractivity contribution in [2.24, 2.45) is 10.7 Å². The van der Waals surface area contributed by atoms with E-state index in [1.54, 1.807) is 6.07 Å². The molecule has 7 heteroatoms. The fraction of sp³-hybridized carbons (Fsp3) is 0. The minimum Gasteiger partial charge on any atom is -0.508 e. The molecule has 3 aromatic rings. The van der Waals surface area contributed by atoms with Crippen molar-refractivity contribution in [2.45, 2.75) is 0 Å². The number of carbonyl (C=O) groups excluding carboxylic acids is 1. The highest BCUT2D eigenvalue weighted by Crippen LogP contribution is 2.25. The molecule has 3 rings (SSSR count). The second-order valence-electron chi connectivity index (χ2n) is 4.76. The first kappa shape index (κ1) is 15.1. The third kappa shape index (κ3) is 3.02. The smallest absolute Gasteiger partial charge is 0.254 e. The lowest BCUT2D eigenvalue weighted by Crippen LogP contribution is -2.21. The molecule has 116 valence electrons. The monoisotopic (exact) mass is 332 g/mol. The molecule has 1 aromatic heterocycles. The summed E-state index contributed by atoms with van der Waals surface area (Å²) in [6.07, 6.45) is 0. The number of nitrogens with zero attached hydrogens (tertiary/aromatic N) is 1. The normalized spacial score (nSPS) is 11.8. The van der Waals surface area contributed by atoms with Gasteiger partial charge in [-0.25, -0.2) is 9.38 Å².